The summed E-state index contributed by atoms with van der Waals surface area (Å²) in [7, 11) is 1.89. The molecule has 1 unspecified atom stereocenters. The summed E-state index contributed by atoms with van der Waals surface area (Å²) in [5.41, 5.74) is 7.13. The van der Waals surface area contributed by atoms with Crippen molar-refractivity contribution in [3.8, 4) is 0 Å². The molecule has 0 aromatic heterocycles. The van der Waals surface area contributed by atoms with Crippen LogP contribution in [0.3, 0.4) is 0 Å². The fourth-order valence-electron chi connectivity index (χ4n) is 3.57. The van der Waals surface area contributed by atoms with Crippen molar-refractivity contribution in [1.29, 1.82) is 0 Å². The van der Waals surface area contributed by atoms with Gasteiger partial charge < -0.3 is 10.6 Å². The van der Waals surface area contributed by atoms with E-state index >= 15 is 0 Å². The van der Waals surface area contributed by atoms with Crippen molar-refractivity contribution in [2.45, 2.75) is 51.6 Å². The topological polar surface area (TPSA) is 46.3 Å². The number of benzene rings is 1. The van der Waals surface area contributed by atoms with Crippen molar-refractivity contribution in [3.63, 3.8) is 0 Å². The summed E-state index contributed by atoms with van der Waals surface area (Å²) >= 11 is 6.35. The Labute approximate surface area is 151 Å². The van der Waals surface area contributed by atoms with Crippen molar-refractivity contribution < 1.29 is 4.79 Å². The molecule has 0 heterocycles. The molecule has 1 amide bonds. The molecule has 1 aliphatic rings. The smallest absolute Gasteiger partial charge is 0.223 e. The van der Waals surface area contributed by atoms with Crippen LogP contribution < -0.4 is 5.73 Å². The maximum Gasteiger partial charge on any atom is 0.223 e. The number of carbonyl (C=O) groups is 1. The van der Waals surface area contributed by atoms with Crippen LogP contribution in [0.5, 0.6) is 0 Å². The molecule has 0 saturated heterocycles. The van der Waals surface area contributed by atoms with Crippen molar-refractivity contribution in [2.75, 3.05) is 7.05 Å². The van der Waals surface area contributed by atoms with Crippen LogP contribution in [0, 0.1) is 11.8 Å². The van der Waals surface area contributed by atoms with Gasteiger partial charge in [0.1, 0.15) is 0 Å². The maximum absolute atomic E-state index is 12.7. The summed E-state index contributed by atoms with van der Waals surface area (Å²) in [5.74, 6) is 0.793. The Morgan fingerprint density at radius 2 is 2.00 bits per heavy atom. The van der Waals surface area contributed by atoms with Gasteiger partial charge in [0, 0.05) is 24.5 Å². The minimum atomic E-state index is -0.00109. The molecule has 2 rings (SSSR count). The Morgan fingerprint density at radius 3 is 2.52 bits per heavy atom. The van der Waals surface area contributed by atoms with Crippen molar-refractivity contribution >= 4 is 29.9 Å². The van der Waals surface area contributed by atoms with Crippen LogP contribution in [0.15, 0.2) is 24.3 Å². The van der Waals surface area contributed by atoms with Gasteiger partial charge in [0.05, 0.1) is 6.04 Å². The van der Waals surface area contributed by atoms with E-state index in [9.17, 15) is 4.79 Å². The normalized spacial score (nSPS) is 21.8. The van der Waals surface area contributed by atoms with Crippen LogP contribution in [0.2, 0.25) is 5.02 Å². The monoisotopic (exact) mass is 358 g/mol. The number of carbonyl (C=O) groups excluding carboxylic acids is 1. The molecule has 3 nitrogen and oxygen atoms in total. The molecule has 2 N–H and O–H groups in total. The van der Waals surface area contributed by atoms with E-state index < -0.39 is 0 Å². The van der Waals surface area contributed by atoms with Gasteiger partial charge in [0.15, 0.2) is 0 Å². The van der Waals surface area contributed by atoms with Gasteiger partial charge in [0.2, 0.25) is 5.91 Å². The number of hydrogen-bond donors (Lipinski definition) is 1. The van der Waals surface area contributed by atoms with E-state index in [-0.39, 0.29) is 30.4 Å². The van der Waals surface area contributed by atoms with Gasteiger partial charge in [-0.15, -0.1) is 12.4 Å². The highest BCUT2D eigenvalue weighted by Crippen LogP contribution is 2.34. The van der Waals surface area contributed by atoms with E-state index in [4.69, 9.17) is 17.3 Å². The Balaban J connectivity index is 0.00000264. The number of nitrogens with two attached hydrogens (primary N) is 1. The van der Waals surface area contributed by atoms with Gasteiger partial charge in [-0.25, -0.2) is 0 Å². The largest absolute Gasteiger partial charge is 0.338 e. The molecule has 0 spiro atoms. The van der Waals surface area contributed by atoms with Crippen LogP contribution in [0.4, 0.5) is 0 Å². The zero-order valence-electron chi connectivity index (χ0n) is 14.2. The second-order valence-corrected chi connectivity index (χ2v) is 7.18. The molecule has 1 fully saturated rings. The lowest BCUT2D eigenvalue weighted by Crippen LogP contribution is -2.37. The lowest BCUT2D eigenvalue weighted by Gasteiger charge is -2.33. The standard InChI is InChI=1S/C18H27ClN2O.ClH/c1-12(2)18(14-8-4-5-9-15(14)19)21(3)17(22)11-13-7-6-10-16(13)20;/h4-5,8-9,12-13,16,18H,6-7,10-11,20H2,1-3H3;1H/t13-,16+,18?;/m0./s1. The van der Waals surface area contributed by atoms with Crippen LogP contribution in [-0.2, 0) is 4.79 Å². The highest BCUT2D eigenvalue weighted by atomic mass is 35.5. The third-order valence-corrected chi connectivity index (χ3v) is 5.16. The van der Waals surface area contributed by atoms with E-state index in [1.165, 1.54) is 0 Å². The van der Waals surface area contributed by atoms with E-state index in [0.717, 1.165) is 29.8 Å². The highest BCUT2D eigenvalue weighted by molar-refractivity contribution is 6.31. The molecule has 0 bridgehead atoms. The quantitative estimate of drug-likeness (QED) is 0.845. The molecule has 5 heteroatoms. The molecule has 23 heavy (non-hydrogen) atoms. The fraction of sp³-hybridized carbons (Fsp3) is 0.611. The minimum absolute atomic E-state index is 0. The lowest BCUT2D eigenvalue weighted by atomic mass is 9.93. The van der Waals surface area contributed by atoms with Gasteiger partial charge >= 0.3 is 0 Å². The van der Waals surface area contributed by atoms with Gasteiger partial charge in [-0.3, -0.25) is 4.79 Å². The molecule has 3 atom stereocenters. The van der Waals surface area contributed by atoms with Gasteiger partial charge in [-0.2, -0.15) is 0 Å². The molecule has 1 aromatic carbocycles. The average Bonchev–Trinajstić information content (AvgIpc) is 2.86. The van der Waals surface area contributed by atoms with Gasteiger partial charge in [0.25, 0.3) is 0 Å². The van der Waals surface area contributed by atoms with Crippen LogP contribution in [0.25, 0.3) is 0 Å². The molecule has 0 aliphatic heterocycles. The Bertz CT molecular complexity index is 521. The van der Waals surface area contributed by atoms with Gasteiger partial charge in [-0.05, 0) is 36.3 Å². The fourth-order valence-corrected chi connectivity index (χ4v) is 3.82. The predicted molar refractivity (Wildman–Crippen MR) is 99.0 cm³/mol. The summed E-state index contributed by atoms with van der Waals surface area (Å²) in [4.78, 5) is 14.6. The molecule has 0 radical (unpaired) electrons. The number of amides is 1. The Morgan fingerprint density at radius 1 is 1.35 bits per heavy atom. The molecule has 130 valence electrons. The predicted octanol–water partition coefficient (Wildman–Crippen LogP) is 4.43. The zero-order valence-corrected chi connectivity index (χ0v) is 15.7. The first kappa shape index (κ1) is 20.3. The molecule has 1 aromatic rings. The van der Waals surface area contributed by atoms with Crippen LogP contribution in [0.1, 0.15) is 51.1 Å². The number of nitrogens with zero attached hydrogens (tertiary/aromatic N) is 1. The Hall–Kier alpha value is -0.770. The van der Waals surface area contributed by atoms with Crippen molar-refractivity contribution in [2.24, 2.45) is 17.6 Å². The number of rotatable bonds is 5. The average molecular weight is 359 g/mol. The zero-order chi connectivity index (χ0) is 16.3. The first-order chi connectivity index (χ1) is 10.4. The lowest BCUT2D eigenvalue weighted by molar-refractivity contribution is -0.134. The number of hydrogen-bond acceptors (Lipinski definition) is 2. The summed E-state index contributed by atoms with van der Waals surface area (Å²) in [6, 6.07) is 7.97. The second kappa shape index (κ2) is 8.91. The summed E-state index contributed by atoms with van der Waals surface area (Å²) in [6.07, 6.45) is 3.80. The van der Waals surface area contributed by atoms with E-state index in [1.807, 2.05) is 36.2 Å². The SMILES string of the molecule is CC(C)C(c1ccccc1Cl)N(C)C(=O)C[C@@H]1CCC[C@H]1N.Cl. The van der Waals surface area contributed by atoms with Crippen molar-refractivity contribution in [3.05, 3.63) is 34.9 Å². The molecular formula is C18H28Cl2N2O. The molecule has 1 aliphatic carbocycles. The van der Waals surface area contributed by atoms with E-state index in [1.54, 1.807) is 0 Å². The van der Waals surface area contributed by atoms with Crippen LogP contribution in [-0.4, -0.2) is 23.9 Å². The third-order valence-electron chi connectivity index (χ3n) is 4.82. The second-order valence-electron chi connectivity index (χ2n) is 6.77. The van der Waals surface area contributed by atoms with E-state index in [2.05, 4.69) is 13.8 Å². The van der Waals surface area contributed by atoms with Crippen LogP contribution >= 0.6 is 24.0 Å². The highest BCUT2D eigenvalue weighted by Gasteiger charge is 2.31. The molecular weight excluding hydrogens is 331 g/mol. The summed E-state index contributed by atoms with van der Waals surface area (Å²) < 4.78 is 0. The Kier molecular flexibility index (Phi) is 7.85. The van der Waals surface area contributed by atoms with Crippen molar-refractivity contribution in [1.82, 2.24) is 4.90 Å². The third kappa shape index (κ3) is 4.85. The minimum Gasteiger partial charge on any atom is -0.338 e. The first-order valence-electron chi connectivity index (χ1n) is 8.17. The number of halogens is 2. The maximum atomic E-state index is 12.7. The van der Waals surface area contributed by atoms with E-state index in [0.29, 0.717) is 18.3 Å². The first-order valence-corrected chi connectivity index (χ1v) is 8.55. The summed E-state index contributed by atoms with van der Waals surface area (Å²) in [6.45, 7) is 4.25. The van der Waals surface area contributed by atoms with Gasteiger partial charge in [-0.1, -0.05) is 50.1 Å². The molecule has 1 saturated carbocycles. The summed E-state index contributed by atoms with van der Waals surface area (Å²) in [5, 5.41) is 0.721.